The highest BCUT2D eigenvalue weighted by Gasteiger charge is 2.17. The Kier molecular flexibility index (Phi) is 4.57. The van der Waals surface area contributed by atoms with Gasteiger partial charge in [-0.2, -0.15) is 0 Å². The Labute approximate surface area is 129 Å². The lowest BCUT2D eigenvalue weighted by Gasteiger charge is -2.11. The topological polar surface area (TPSA) is 58.1 Å². The van der Waals surface area contributed by atoms with Crippen molar-refractivity contribution < 1.29 is 4.79 Å². The van der Waals surface area contributed by atoms with Crippen LogP contribution in [0.4, 0.5) is 11.5 Å². The van der Waals surface area contributed by atoms with Crippen molar-refractivity contribution >= 4 is 28.7 Å². The van der Waals surface area contributed by atoms with Gasteiger partial charge in [0.05, 0.1) is 22.6 Å². The summed E-state index contributed by atoms with van der Waals surface area (Å²) >= 11 is 1.45. The summed E-state index contributed by atoms with van der Waals surface area (Å²) in [5.74, 6) is 1.05. The van der Waals surface area contributed by atoms with Crippen LogP contribution in [-0.2, 0) is 0 Å². The molecule has 1 amide bonds. The van der Waals surface area contributed by atoms with Gasteiger partial charge in [-0.25, -0.2) is 9.97 Å². The van der Waals surface area contributed by atoms with Gasteiger partial charge in [-0.1, -0.05) is 13.8 Å². The maximum absolute atomic E-state index is 12.3. The number of nitrogens with zero attached hydrogens (tertiary/aromatic N) is 3. The molecule has 0 bridgehead atoms. The van der Waals surface area contributed by atoms with Crippen molar-refractivity contribution in [3.63, 3.8) is 0 Å². The number of anilines is 2. The highest BCUT2D eigenvalue weighted by atomic mass is 32.1. The number of thiazole rings is 1. The third kappa shape index (κ3) is 3.58. The van der Waals surface area contributed by atoms with Crippen LogP contribution in [0, 0.1) is 6.92 Å². The van der Waals surface area contributed by atoms with Crippen molar-refractivity contribution in [3.8, 4) is 0 Å². The van der Waals surface area contributed by atoms with E-state index in [2.05, 4.69) is 29.1 Å². The van der Waals surface area contributed by atoms with Crippen molar-refractivity contribution in [2.45, 2.75) is 26.7 Å². The minimum Gasteiger partial charge on any atom is -0.363 e. The van der Waals surface area contributed by atoms with Crippen LogP contribution >= 0.6 is 11.3 Å². The number of hydrogen-bond acceptors (Lipinski definition) is 5. The smallest absolute Gasteiger partial charge is 0.267 e. The first-order chi connectivity index (χ1) is 9.88. The molecule has 1 N–H and O–H groups in total. The molecule has 2 rings (SSSR count). The van der Waals surface area contributed by atoms with E-state index < -0.39 is 0 Å². The van der Waals surface area contributed by atoms with E-state index in [9.17, 15) is 4.79 Å². The van der Waals surface area contributed by atoms with Crippen LogP contribution in [-0.4, -0.2) is 30.0 Å². The van der Waals surface area contributed by atoms with Gasteiger partial charge in [-0.3, -0.25) is 4.79 Å². The van der Waals surface area contributed by atoms with E-state index in [0.29, 0.717) is 16.5 Å². The lowest BCUT2D eigenvalue weighted by atomic mass is 10.2. The molecule has 0 saturated carbocycles. The second kappa shape index (κ2) is 6.22. The zero-order valence-corrected chi connectivity index (χ0v) is 13.8. The molecule has 0 atom stereocenters. The Morgan fingerprint density at radius 3 is 2.52 bits per heavy atom. The van der Waals surface area contributed by atoms with E-state index in [1.165, 1.54) is 11.3 Å². The fourth-order valence-electron chi connectivity index (χ4n) is 1.79. The van der Waals surface area contributed by atoms with Gasteiger partial charge in [-0.15, -0.1) is 11.3 Å². The van der Waals surface area contributed by atoms with Crippen molar-refractivity contribution in [1.29, 1.82) is 0 Å². The van der Waals surface area contributed by atoms with E-state index in [1.807, 2.05) is 38.1 Å². The lowest BCUT2D eigenvalue weighted by molar-refractivity contribution is 0.103. The number of rotatable bonds is 4. The van der Waals surface area contributed by atoms with Crippen LogP contribution in [0.25, 0.3) is 0 Å². The Hall–Kier alpha value is -1.95. The number of aromatic nitrogens is 2. The van der Waals surface area contributed by atoms with Gasteiger partial charge >= 0.3 is 0 Å². The van der Waals surface area contributed by atoms with Crippen molar-refractivity contribution in [2.75, 3.05) is 24.3 Å². The van der Waals surface area contributed by atoms with Crippen LogP contribution in [0.5, 0.6) is 0 Å². The fraction of sp³-hybridized carbons (Fsp3) is 0.400. The van der Waals surface area contributed by atoms with E-state index in [-0.39, 0.29) is 5.91 Å². The largest absolute Gasteiger partial charge is 0.363 e. The Balaban J connectivity index is 2.14. The second-order valence-electron chi connectivity index (χ2n) is 5.37. The molecule has 112 valence electrons. The third-order valence-corrected chi connectivity index (χ3v) is 4.43. The summed E-state index contributed by atoms with van der Waals surface area (Å²) < 4.78 is 0. The van der Waals surface area contributed by atoms with Gasteiger partial charge in [-0.05, 0) is 19.1 Å². The summed E-state index contributed by atoms with van der Waals surface area (Å²) in [6.07, 6.45) is 1.66. The highest BCUT2D eigenvalue weighted by molar-refractivity contribution is 7.14. The summed E-state index contributed by atoms with van der Waals surface area (Å²) in [6.45, 7) is 6.01. The molecule has 0 spiro atoms. The molecule has 0 saturated heterocycles. The molecule has 0 unspecified atom stereocenters. The second-order valence-corrected chi connectivity index (χ2v) is 6.41. The molecule has 5 nitrogen and oxygen atoms in total. The molecule has 6 heteroatoms. The van der Waals surface area contributed by atoms with Gasteiger partial charge in [0, 0.05) is 20.0 Å². The maximum Gasteiger partial charge on any atom is 0.267 e. The summed E-state index contributed by atoms with van der Waals surface area (Å²) in [5.41, 5.74) is 1.46. The molecule has 0 fully saturated rings. The van der Waals surface area contributed by atoms with Gasteiger partial charge in [0.15, 0.2) is 0 Å². The number of carbonyl (C=O) groups is 1. The Bertz CT molecular complexity index is 632. The predicted molar refractivity (Wildman–Crippen MR) is 87.5 cm³/mol. The molecule has 21 heavy (non-hydrogen) atoms. The number of aryl methyl sites for hydroxylation is 1. The van der Waals surface area contributed by atoms with E-state index >= 15 is 0 Å². The number of hydrogen-bond donors (Lipinski definition) is 1. The van der Waals surface area contributed by atoms with Gasteiger partial charge in [0.2, 0.25) is 0 Å². The quantitative estimate of drug-likeness (QED) is 0.941. The SMILES string of the molecule is Cc1nc(C(C)C)sc1C(=O)Nc1ccc(N(C)C)nc1. The first-order valence-electron chi connectivity index (χ1n) is 6.80. The molecule has 0 radical (unpaired) electrons. The molecule has 2 aromatic heterocycles. The first-order valence-corrected chi connectivity index (χ1v) is 7.62. The lowest BCUT2D eigenvalue weighted by Crippen LogP contribution is -2.13. The zero-order valence-electron chi connectivity index (χ0n) is 13.0. The molecule has 0 aliphatic carbocycles. The van der Waals surface area contributed by atoms with Crippen LogP contribution in [0.1, 0.15) is 40.1 Å². The van der Waals surface area contributed by atoms with E-state index in [1.54, 1.807) is 6.20 Å². The molecule has 0 aromatic carbocycles. The van der Waals surface area contributed by atoms with Crippen LogP contribution in [0.3, 0.4) is 0 Å². The van der Waals surface area contributed by atoms with Crippen LogP contribution < -0.4 is 10.2 Å². The zero-order chi connectivity index (χ0) is 15.6. The predicted octanol–water partition coefficient (Wildman–Crippen LogP) is 3.29. The molecule has 0 aliphatic rings. The maximum atomic E-state index is 12.3. The average Bonchev–Trinajstić information content (AvgIpc) is 2.81. The summed E-state index contributed by atoms with van der Waals surface area (Å²) in [6, 6.07) is 3.72. The molecule has 0 aliphatic heterocycles. The number of amides is 1. The molecular weight excluding hydrogens is 284 g/mol. The average molecular weight is 304 g/mol. The summed E-state index contributed by atoms with van der Waals surface area (Å²) in [5, 5.41) is 3.85. The van der Waals surface area contributed by atoms with Gasteiger partial charge < -0.3 is 10.2 Å². The summed E-state index contributed by atoms with van der Waals surface area (Å²) in [7, 11) is 3.85. The monoisotopic (exact) mass is 304 g/mol. The van der Waals surface area contributed by atoms with Gasteiger partial charge in [0.1, 0.15) is 10.7 Å². The minimum absolute atomic E-state index is 0.128. The Morgan fingerprint density at radius 2 is 2.05 bits per heavy atom. The van der Waals surface area contributed by atoms with Crippen molar-refractivity contribution in [2.24, 2.45) is 0 Å². The van der Waals surface area contributed by atoms with Crippen LogP contribution in [0.2, 0.25) is 0 Å². The molecule has 2 aromatic rings. The standard InChI is InChI=1S/C15H20N4OS/c1-9(2)15-17-10(3)13(21-15)14(20)18-11-6-7-12(16-8-11)19(4)5/h6-9H,1-5H3,(H,18,20). The summed E-state index contributed by atoms with van der Waals surface area (Å²) in [4.78, 5) is 23.6. The fourth-order valence-corrected chi connectivity index (χ4v) is 2.75. The van der Waals surface area contributed by atoms with E-state index in [4.69, 9.17) is 0 Å². The normalized spacial score (nSPS) is 10.8. The van der Waals surface area contributed by atoms with Crippen molar-refractivity contribution in [3.05, 3.63) is 33.9 Å². The third-order valence-electron chi connectivity index (χ3n) is 2.98. The highest BCUT2D eigenvalue weighted by Crippen LogP contribution is 2.25. The molecule has 2 heterocycles. The van der Waals surface area contributed by atoms with E-state index in [0.717, 1.165) is 16.5 Å². The number of nitrogens with one attached hydrogen (secondary N) is 1. The Morgan fingerprint density at radius 1 is 1.33 bits per heavy atom. The van der Waals surface area contributed by atoms with Crippen LogP contribution in [0.15, 0.2) is 18.3 Å². The molecular formula is C15H20N4OS. The van der Waals surface area contributed by atoms with Gasteiger partial charge in [0.25, 0.3) is 5.91 Å². The number of carbonyl (C=O) groups excluding carboxylic acids is 1. The first kappa shape index (κ1) is 15.4. The van der Waals surface area contributed by atoms with Crippen molar-refractivity contribution in [1.82, 2.24) is 9.97 Å². The number of pyridine rings is 1. The minimum atomic E-state index is -0.128.